The van der Waals surface area contributed by atoms with Gasteiger partial charge in [-0.3, -0.25) is 4.79 Å². The number of fused-ring (bicyclic) bond motifs is 2. The molecule has 1 amide bonds. The minimum Gasteiger partial charge on any atom is -0.506 e. The van der Waals surface area contributed by atoms with E-state index in [-0.39, 0.29) is 22.3 Å². The molecule has 2 aliphatic rings. The minimum absolute atomic E-state index is 0.0407. The van der Waals surface area contributed by atoms with Gasteiger partial charge in [0.2, 0.25) is 5.91 Å². The van der Waals surface area contributed by atoms with Crippen molar-refractivity contribution in [3.8, 4) is 5.75 Å². The fourth-order valence-electron chi connectivity index (χ4n) is 3.79. The van der Waals surface area contributed by atoms with E-state index in [0.29, 0.717) is 19.5 Å². The zero-order valence-electron chi connectivity index (χ0n) is 13.8. The molecule has 2 aromatic rings. The number of amides is 1. The van der Waals surface area contributed by atoms with Crippen LogP contribution in [0.15, 0.2) is 29.6 Å². The van der Waals surface area contributed by atoms with Crippen LogP contribution < -0.4 is 0 Å². The van der Waals surface area contributed by atoms with Crippen LogP contribution in [0.5, 0.6) is 5.75 Å². The van der Waals surface area contributed by atoms with Crippen molar-refractivity contribution in [2.24, 2.45) is 0 Å². The number of hydrogen-bond donors (Lipinski definition) is 1. The predicted octanol–water partition coefficient (Wildman–Crippen LogP) is 3.74. The third kappa shape index (κ3) is 3.16. The molecule has 1 fully saturated rings. The Balaban J connectivity index is 1.42. The third-order valence-corrected chi connectivity index (χ3v) is 6.65. The Morgan fingerprint density at radius 1 is 1.32 bits per heavy atom. The van der Waals surface area contributed by atoms with Crippen molar-refractivity contribution in [1.82, 2.24) is 4.90 Å². The lowest BCUT2D eigenvalue weighted by Gasteiger charge is -2.43. The quantitative estimate of drug-likeness (QED) is 0.867. The number of halogens is 1. The van der Waals surface area contributed by atoms with Gasteiger partial charge < -0.3 is 14.7 Å². The van der Waals surface area contributed by atoms with Gasteiger partial charge in [0.05, 0.1) is 18.1 Å². The molecule has 0 unspecified atom stereocenters. The second kappa shape index (κ2) is 6.63. The van der Waals surface area contributed by atoms with E-state index in [0.717, 1.165) is 31.4 Å². The Hall–Kier alpha value is -1.56. The van der Waals surface area contributed by atoms with Crippen LogP contribution in [0.1, 0.15) is 28.8 Å². The number of hydrogen-bond acceptors (Lipinski definition) is 4. The summed E-state index contributed by atoms with van der Waals surface area (Å²) < 4.78 is 6.19. The number of phenolic OH excluding ortho intramolecular Hbond substituents is 1. The number of likely N-dealkylation sites (tertiary alicyclic amines) is 1. The minimum atomic E-state index is -0.194. The van der Waals surface area contributed by atoms with Gasteiger partial charge in [0.15, 0.2) is 0 Å². The van der Waals surface area contributed by atoms with Gasteiger partial charge in [0, 0.05) is 18.0 Å². The number of ether oxygens (including phenoxy) is 1. The Kier molecular flexibility index (Phi) is 4.48. The van der Waals surface area contributed by atoms with Crippen LogP contribution in [0.25, 0.3) is 0 Å². The Labute approximate surface area is 156 Å². The molecular weight excluding hydrogens is 358 g/mol. The molecule has 25 heavy (non-hydrogen) atoms. The first-order valence-corrected chi connectivity index (χ1v) is 9.79. The van der Waals surface area contributed by atoms with Crippen LogP contribution >= 0.6 is 22.9 Å². The smallest absolute Gasteiger partial charge is 0.226 e. The molecule has 0 radical (unpaired) electrons. The molecule has 6 heteroatoms. The van der Waals surface area contributed by atoms with Crippen LogP contribution in [0.2, 0.25) is 5.02 Å². The lowest BCUT2D eigenvalue weighted by molar-refractivity contribution is -0.139. The summed E-state index contributed by atoms with van der Waals surface area (Å²) in [6.07, 6.45) is 2.99. The maximum atomic E-state index is 12.6. The number of carbonyl (C=O) groups is 1. The predicted molar refractivity (Wildman–Crippen MR) is 98.3 cm³/mol. The van der Waals surface area contributed by atoms with Crippen LogP contribution in [0, 0.1) is 0 Å². The summed E-state index contributed by atoms with van der Waals surface area (Å²) in [4.78, 5) is 15.9. The highest BCUT2D eigenvalue weighted by molar-refractivity contribution is 7.10. The van der Waals surface area contributed by atoms with Crippen molar-refractivity contribution < 1.29 is 14.6 Å². The first-order chi connectivity index (χ1) is 12.1. The molecule has 0 atom stereocenters. The first-order valence-electron chi connectivity index (χ1n) is 8.53. The van der Waals surface area contributed by atoms with Gasteiger partial charge in [0.1, 0.15) is 11.4 Å². The molecule has 3 heterocycles. The van der Waals surface area contributed by atoms with Gasteiger partial charge in [-0.1, -0.05) is 17.7 Å². The number of thiophene rings is 1. The van der Waals surface area contributed by atoms with Crippen LogP contribution in [0.3, 0.4) is 0 Å². The van der Waals surface area contributed by atoms with E-state index in [2.05, 4.69) is 11.4 Å². The average Bonchev–Trinajstić information content (AvgIpc) is 3.09. The number of piperidine rings is 1. The summed E-state index contributed by atoms with van der Waals surface area (Å²) in [5, 5.41) is 11.9. The maximum Gasteiger partial charge on any atom is 0.226 e. The highest BCUT2D eigenvalue weighted by atomic mass is 35.5. The van der Waals surface area contributed by atoms with E-state index < -0.39 is 0 Å². The number of phenols is 1. The summed E-state index contributed by atoms with van der Waals surface area (Å²) in [5.41, 5.74) is 2.04. The topological polar surface area (TPSA) is 49.8 Å². The van der Waals surface area contributed by atoms with Crippen LogP contribution in [-0.2, 0) is 28.0 Å². The fourth-order valence-corrected chi connectivity index (χ4v) is 5.16. The van der Waals surface area contributed by atoms with Gasteiger partial charge in [-0.25, -0.2) is 0 Å². The summed E-state index contributed by atoms with van der Waals surface area (Å²) in [7, 11) is 0. The number of nitrogens with zero attached hydrogens (tertiary/aromatic N) is 1. The van der Waals surface area contributed by atoms with E-state index >= 15 is 0 Å². The van der Waals surface area contributed by atoms with Crippen molar-refractivity contribution in [3.05, 3.63) is 50.7 Å². The van der Waals surface area contributed by atoms with E-state index in [1.807, 2.05) is 4.90 Å². The van der Waals surface area contributed by atoms with Crippen molar-refractivity contribution >= 4 is 28.8 Å². The largest absolute Gasteiger partial charge is 0.506 e. The molecule has 0 saturated carbocycles. The number of benzene rings is 1. The second-order valence-electron chi connectivity index (χ2n) is 6.71. The molecule has 0 aliphatic carbocycles. The summed E-state index contributed by atoms with van der Waals surface area (Å²) >= 11 is 7.71. The molecule has 4 rings (SSSR count). The maximum absolute atomic E-state index is 12.6. The first kappa shape index (κ1) is 16.9. The molecule has 1 spiro atoms. The molecule has 4 nitrogen and oxygen atoms in total. The van der Waals surface area contributed by atoms with E-state index in [1.165, 1.54) is 16.5 Å². The normalized spacial score (nSPS) is 19.0. The number of aromatic hydroxyl groups is 1. The van der Waals surface area contributed by atoms with Crippen molar-refractivity contribution in [3.63, 3.8) is 0 Å². The molecule has 1 aromatic carbocycles. The molecule has 1 saturated heterocycles. The fraction of sp³-hybridized carbons (Fsp3) is 0.421. The van der Waals surface area contributed by atoms with Crippen LogP contribution in [-0.4, -0.2) is 35.6 Å². The summed E-state index contributed by atoms with van der Waals surface area (Å²) in [6.45, 7) is 2.19. The van der Waals surface area contributed by atoms with Crippen molar-refractivity contribution in [2.45, 2.75) is 31.3 Å². The number of carbonyl (C=O) groups excluding carboxylic acids is 1. The Bertz CT molecular complexity index is 796. The van der Waals surface area contributed by atoms with E-state index in [4.69, 9.17) is 16.3 Å². The number of rotatable bonds is 2. The van der Waals surface area contributed by atoms with Crippen molar-refractivity contribution in [1.29, 1.82) is 0 Å². The second-order valence-corrected chi connectivity index (χ2v) is 8.03. The van der Waals surface area contributed by atoms with Gasteiger partial charge in [-0.2, -0.15) is 0 Å². The monoisotopic (exact) mass is 377 g/mol. The molecule has 2 aliphatic heterocycles. The average molecular weight is 378 g/mol. The SMILES string of the molecule is O=C(Cc1ccc(O)c(Cl)c1)N1CCC2(CC1)OCCc1ccsc12. The highest BCUT2D eigenvalue weighted by Crippen LogP contribution is 2.44. The summed E-state index contributed by atoms with van der Waals surface area (Å²) in [5.74, 6) is 0.137. The zero-order valence-corrected chi connectivity index (χ0v) is 15.4. The Morgan fingerprint density at radius 3 is 2.88 bits per heavy atom. The third-order valence-electron chi connectivity index (χ3n) is 5.20. The standard InChI is InChI=1S/C19H20ClNO3S/c20-15-11-13(1-2-16(15)22)12-17(23)21-7-5-19(6-8-21)18-14(3-9-24-19)4-10-25-18/h1-2,4,10-11,22H,3,5-9,12H2. The molecular formula is C19H20ClNO3S. The lowest BCUT2D eigenvalue weighted by atomic mass is 9.85. The van der Waals surface area contributed by atoms with Gasteiger partial charge >= 0.3 is 0 Å². The summed E-state index contributed by atoms with van der Waals surface area (Å²) in [6, 6.07) is 7.13. The van der Waals surface area contributed by atoms with Crippen LogP contribution in [0.4, 0.5) is 0 Å². The molecule has 1 aromatic heterocycles. The van der Waals surface area contributed by atoms with Gasteiger partial charge in [-0.05, 0) is 54.0 Å². The van der Waals surface area contributed by atoms with E-state index in [1.54, 1.807) is 23.5 Å². The Morgan fingerprint density at radius 2 is 2.12 bits per heavy atom. The van der Waals surface area contributed by atoms with Crippen molar-refractivity contribution in [2.75, 3.05) is 19.7 Å². The molecule has 1 N–H and O–H groups in total. The highest BCUT2D eigenvalue weighted by Gasteiger charge is 2.42. The zero-order chi connectivity index (χ0) is 17.4. The lowest BCUT2D eigenvalue weighted by Crippen LogP contribution is -2.48. The molecule has 0 bridgehead atoms. The van der Waals surface area contributed by atoms with Gasteiger partial charge in [0.25, 0.3) is 0 Å². The van der Waals surface area contributed by atoms with Gasteiger partial charge in [-0.15, -0.1) is 11.3 Å². The molecule has 132 valence electrons. The van der Waals surface area contributed by atoms with E-state index in [9.17, 15) is 9.90 Å².